The van der Waals surface area contributed by atoms with Crippen LogP contribution in [-0.4, -0.2) is 35.2 Å². The highest BCUT2D eigenvalue weighted by Crippen LogP contribution is 2.28. The summed E-state index contributed by atoms with van der Waals surface area (Å²) in [6.07, 6.45) is -0.812. The molecule has 0 saturated carbocycles. The van der Waals surface area contributed by atoms with Gasteiger partial charge in [0, 0.05) is 5.54 Å². The Balaban J connectivity index is 2.00. The van der Waals surface area contributed by atoms with Gasteiger partial charge in [0.1, 0.15) is 5.75 Å². The number of nitrogens with one attached hydrogen (secondary N) is 2. The number of carboxylic acid groups (broad SMARTS) is 1. The molecule has 1 aliphatic rings. The normalized spacial score (nSPS) is 17.4. The van der Waals surface area contributed by atoms with Gasteiger partial charge in [-0.2, -0.15) is 0 Å². The highest BCUT2D eigenvalue weighted by Gasteiger charge is 2.31. The zero-order valence-corrected chi connectivity index (χ0v) is 11.5. The third-order valence-corrected chi connectivity index (χ3v) is 2.98. The van der Waals surface area contributed by atoms with Crippen LogP contribution in [0.25, 0.3) is 0 Å². The predicted octanol–water partition coefficient (Wildman–Crippen LogP) is 1.23. The van der Waals surface area contributed by atoms with Crippen molar-refractivity contribution in [2.75, 3.05) is 11.9 Å². The average molecular weight is 278 g/mol. The molecule has 20 heavy (non-hydrogen) atoms. The number of ether oxygens (including phenoxy) is 1. The van der Waals surface area contributed by atoms with Crippen LogP contribution in [0.3, 0.4) is 0 Å². The van der Waals surface area contributed by atoms with E-state index in [4.69, 9.17) is 9.84 Å². The number of carbonyl (C=O) groups excluding carboxylic acids is 1. The number of carboxylic acids is 1. The van der Waals surface area contributed by atoms with E-state index in [1.165, 1.54) is 0 Å². The lowest BCUT2D eigenvalue weighted by molar-refractivity contribution is -0.139. The Morgan fingerprint density at radius 2 is 2.15 bits per heavy atom. The third-order valence-electron chi connectivity index (χ3n) is 2.98. The monoisotopic (exact) mass is 278 g/mol. The van der Waals surface area contributed by atoms with Crippen LogP contribution >= 0.6 is 0 Å². The summed E-state index contributed by atoms with van der Waals surface area (Å²) < 4.78 is 5.62. The van der Waals surface area contributed by atoms with Crippen molar-refractivity contribution in [1.29, 1.82) is 0 Å². The number of rotatable bonds is 4. The van der Waals surface area contributed by atoms with Gasteiger partial charge in [-0.1, -0.05) is 12.1 Å². The summed E-state index contributed by atoms with van der Waals surface area (Å²) in [5, 5.41) is 14.6. The fraction of sp³-hybridized carbons (Fsp3) is 0.429. The Hall–Kier alpha value is -2.24. The standard InChI is InChI=1S/C14H18N2O4/c1-14(2,7-12(17)18)16-13(19)11-8-15-9-5-3-4-6-10(9)20-11/h3-6,11,15H,7-8H2,1-2H3,(H,16,19)(H,17,18). The first-order valence-electron chi connectivity index (χ1n) is 6.41. The Bertz CT molecular complexity index is 528. The van der Waals surface area contributed by atoms with Gasteiger partial charge in [-0.3, -0.25) is 9.59 Å². The second-order valence-electron chi connectivity index (χ2n) is 5.43. The quantitative estimate of drug-likeness (QED) is 0.771. The van der Waals surface area contributed by atoms with Crippen LogP contribution in [-0.2, 0) is 9.59 Å². The van der Waals surface area contributed by atoms with Crippen molar-refractivity contribution < 1.29 is 19.4 Å². The molecule has 0 aliphatic carbocycles. The lowest BCUT2D eigenvalue weighted by Crippen LogP contribution is -2.52. The van der Waals surface area contributed by atoms with Crippen molar-refractivity contribution in [2.45, 2.75) is 31.9 Å². The van der Waals surface area contributed by atoms with Crippen molar-refractivity contribution in [2.24, 2.45) is 0 Å². The van der Waals surface area contributed by atoms with Gasteiger partial charge in [-0.05, 0) is 26.0 Å². The van der Waals surface area contributed by atoms with E-state index in [2.05, 4.69) is 10.6 Å². The van der Waals surface area contributed by atoms with E-state index in [-0.39, 0.29) is 12.3 Å². The second kappa shape index (κ2) is 5.40. The van der Waals surface area contributed by atoms with E-state index < -0.39 is 17.6 Å². The number of para-hydroxylation sites is 2. The van der Waals surface area contributed by atoms with E-state index in [1.54, 1.807) is 19.9 Å². The molecule has 6 nitrogen and oxygen atoms in total. The first-order valence-corrected chi connectivity index (χ1v) is 6.41. The third kappa shape index (κ3) is 3.40. The summed E-state index contributed by atoms with van der Waals surface area (Å²) in [5.74, 6) is -0.656. The molecule has 0 radical (unpaired) electrons. The molecular formula is C14H18N2O4. The van der Waals surface area contributed by atoms with Gasteiger partial charge in [-0.15, -0.1) is 0 Å². The minimum atomic E-state index is -0.955. The number of hydrogen-bond acceptors (Lipinski definition) is 4. The summed E-state index contributed by atoms with van der Waals surface area (Å²) in [6.45, 7) is 3.69. The predicted molar refractivity (Wildman–Crippen MR) is 73.8 cm³/mol. The number of anilines is 1. The molecule has 1 atom stereocenters. The highest BCUT2D eigenvalue weighted by molar-refractivity contribution is 5.84. The maximum atomic E-state index is 12.1. The molecule has 1 aromatic rings. The van der Waals surface area contributed by atoms with Gasteiger partial charge in [0.2, 0.25) is 0 Å². The minimum absolute atomic E-state index is 0.143. The van der Waals surface area contributed by atoms with E-state index in [0.717, 1.165) is 5.69 Å². The number of amides is 1. The zero-order valence-electron chi connectivity index (χ0n) is 11.5. The molecule has 0 fully saturated rings. The minimum Gasteiger partial charge on any atom is -0.481 e. The summed E-state index contributed by atoms with van der Waals surface area (Å²) >= 11 is 0. The fourth-order valence-corrected chi connectivity index (χ4v) is 2.10. The molecular weight excluding hydrogens is 260 g/mol. The fourth-order valence-electron chi connectivity index (χ4n) is 2.10. The summed E-state index contributed by atoms with van der Waals surface area (Å²) in [6, 6.07) is 7.36. The highest BCUT2D eigenvalue weighted by atomic mass is 16.5. The van der Waals surface area contributed by atoms with Crippen molar-refractivity contribution >= 4 is 17.6 Å². The molecule has 3 N–H and O–H groups in total. The molecule has 0 bridgehead atoms. The van der Waals surface area contributed by atoms with Crippen molar-refractivity contribution in [3.63, 3.8) is 0 Å². The van der Waals surface area contributed by atoms with Crippen molar-refractivity contribution in [3.8, 4) is 5.75 Å². The van der Waals surface area contributed by atoms with Gasteiger partial charge < -0.3 is 20.5 Å². The molecule has 2 rings (SSSR count). The number of carbonyl (C=O) groups is 2. The van der Waals surface area contributed by atoms with Crippen molar-refractivity contribution in [1.82, 2.24) is 5.32 Å². The lowest BCUT2D eigenvalue weighted by atomic mass is 10.0. The largest absolute Gasteiger partial charge is 0.481 e. The van der Waals surface area contributed by atoms with E-state index in [0.29, 0.717) is 12.3 Å². The molecule has 1 aliphatic heterocycles. The average Bonchev–Trinajstić information content (AvgIpc) is 2.36. The van der Waals surface area contributed by atoms with E-state index in [9.17, 15) is 9.59 Å². The van der Waals surface area contributed by atoms with Crippen LogP contribution in [0.2, 0.25) is 0 Å². The Labute approximate surface area is 117 Å². The maximum absolute atomic E-state index is 12.1. The molecule has 0 saturated heterocycles. The molecule has 1 amide bonds. The number of fused-ring (bicyclic) bond motifs is 1. The van der Waals surface area contributed by atoms with E-state index >= 15 is 0 Å². The molecule has 1 unspecified atom stereocenters. The molecule has 1 aromatic carbocycles. The molecule has 6 heteroatoms. The molecule has 0 aromatic heterocycles. The van der Waals surface area contributed by atoms with Crippen LogP contribution in [0.15, 0.2) is 24.3 Å². The number of aliphatic carboxylic acids is 1. The zero-order chi connectivity index (χ0) is 14.8. The van der Waals surface area contributed by atoms with Crippen LogP contribution < -0.4 is 15.4 Å². The van der Waals surface area contributed by atoms with Gasteiger partial charge in [0.15, 0.2) is 6.10 Å². The number of benzene rings is 1. The van der Waals surface area contributed by atoms with Gasteiger partial charge in [0.25, 0.3) is 5.91 Å². The number of hydrogen-bond donors (Lipinski definition) is 3. The van der Waals surface area contributed by atoms with Gasteiger partial charge in [0.05, 0.1) is 18.7 Å². The molecule has 0 spiro atoms. The second-order valence-corrected chi connectivity index (χ2v) is 5.43. The smallest absolute Gasteiger partial charge is 0.305 e. The first-order chi connectivity index (χ1) is 9.37. The Morgan fingerprint density at radius 3 is 2.85 bits per heavy atom. The van der Waals surface area contributed by atoms with Crippen LogP contribution in [0, 0.1) is 0 Å². The Kier molecular flexibility index (Phi) is 3.83. The van der Waals surface area contributed by atoms with Crippen LogP contribution in [0.1, 0.15) is 20.3 Å². The summed E-state index contributed by atoms with van der Waals surface area (Å²) in [5.41, 5.74) is 0.0322. The SMILES string of the molecule is CC(C)(CC(=O)O)NC(=O)C1CNc2ccccc2O1. The van der Waals surface area contributed by atoms with Gasteiger partial charge in [-0.25, -0.2) is 0 Å². The lowest BCUT2D eigenvalue weighted by Gasteiger charge is -2.30. The first kappa shape index (κ1) is 14.2. The van der Waals surface area contributed by atoms with E-state index in [1.807, 2.05) is 18.2 Å². The Morgan fingerprint density at radius 1 is 1.45 bits per heavy atom. The summed E-state index contributed by atoms with van der Waals surface area (Å²) in [7, 11) is 0. The maximum Gasteiger partial charge on any atom is 0.305 e. The van der Waals surface area contributed by atoms with Crippen LogP contribution in [0.5, 0.6) is 5.75 Å². The van der Waals surface area contributed by atoms with Gasteiger partial charge >= 0.3 is 5.97 Å². The summed E-state index contributed by atoms with van der Waals surface area (Å²) in [4.78, 5) is 22.9. The molecule has 1 heterocycles. The molecule has 108 valence electrons. The van der Waals surface area contributed by atoms with Crippen molar-refractivity contribution in [3.05, 3.63) is 24.3 Å². The topological polar surface area (TPSA) is 87.7 Å². The van der Waals surface area contributed by atoms with Crippen LogP contribution in [0.4, 0.5) is 5.69 Å².